The highest BCUT2D eigenvalue weighted by Gasteiger charge is 2.38. The monoisotopic (exact) mass is 231 g/mol. The topological polar surface area (TPSA) is 70.0 Å². The molecule has 0 spiro atoms. The Hall–Kier alpha value is -0.560. The predicted molar refractivity (Wildman–Crippen MR) is 54.8 cm³/mol. The third-order valence-corrected chi connectivity index (χ3v) is 3.23. The number of thioether (sulfide) groups is 1. The molecule has 0 bridgehead atoms. The van der Waals surface area contributed by atoms with E-state index in [1.54, 1.807) is 6.20 Å². The minimum absolute atomic E-state index is 0.0294. The molecule has 5 nitrogen and oxygen atoms in total. The summed E-state index contributed by atoms with van der Waals surface area (Å²) in [7, 11) is 0. The fourth-order valence-corrected chi connectivity index (χ4v) is 2.30. The van der Waals surface area contributed by atoms with Crippen LogP contribution in [0.4, 0.5) is 0 Å². The summed E-state index contributed by atoms with van der Waals surface area (Å²) in [6, 6.07) is 0. The van der Waals surface area contributed by atoms with E-state index in [2.05, 4.69) is 0 Å². The smallest absolute Gasteiger partial charge is 0.238 e. The van der Waals surface area contributed by atoms with Gasteiger partial charge in [0.05, 0.1) is 18.5 Å². The van der Waals surface area contributed by atoms with E-state index in [0.29, 0.717) is 12.2 Å². The molecule has 3 atom stereocenters. The van der Waals surface area contributed by atoms with Crippen LogP contribution in [0.5, 0.6) is 0 Å². The number of rotatable bonds is 2. The lowest BCUT2D eigenvalue weighted by atomic mass is 10.2. The largest absolute Gasteiger partial charge is 0.394 e. The number of amides is 1. The van der Waals surface area contributed by atoms with Gasteiger partial charge in [-0.05, 0) is 5.41 Å². The maximum Gasteiger partial charge on any atom is 0.238 e. The van der Waals surface area contributed by atoms with Crippen molar-refractivity contribution in [2.24, 2.45) is 0 Å². The molecule has 2 aliphatic rings. The summed E-state index contributed by atoms with van der Waals surface area (Å²) in [5, 5.41) is 20.3. The molecule has 0 saturated carbocycles. The summed E-state index contributed by atoms with van der Waals surface area (Å²) in [4.78, 5) is 13.0. The summed E-state index contributed by atoms with van der Waals surface area (Å²) >= 11 is 1.43. The Morgan fingerprint density at radius 1 is 1.67 bits per heavy atom. The second-order valence-electron chi connectivity index (χ2n) is 3.51. The van der Waals surface area contributed by atoms with E-state index in [1.807, 2.05) is 5.41 Å². The first-order valence-corrected chi connectivity index (χ1v) is 5.81. The molecule has 0 aromatic rings. The molecular weight excluding hydrogens is 218 g/mol. The van der Waals surface area contributed by atoms with Gasteiger partial charge in [-0.1, -0.05) is 0 Å². The average molecular weight is 231 g/mol. The van der Waals surface area contributed by atoms with Gasteiger partial charge in [0, 0.05) is 12.6 Å². The number of hydrogen-bond donors (Lipinski definition) is 2. The fourth-order valence-electron chi connectivity index (χ4n) is 1.69. The molecule has 1 saturated heterocycles. The first-order chi connectivity index (χ1) is 7.22. The molecule has 1 amide bonds. The van der Waals surface area contributed by atoms with Crippen LogP contribution < -0.4 is 0 Å². The minimum Gasteiger partial charge on any atom is -0.394 e. The number of hydrogen-bond acceptors (Lipinski definition) is 5. The second-order valence-corrected chi connectivity index (χ2v) is 4.41. The van der Waals surface area contributed by atoms with Gasteiger partial charge in [0.1, 0.15) is 12.3 Å². The Labute approximate surface area is 91.7 Å². The molecule has 0 aromatic heterocycles. The highest BCUT2D eigenvalue weighted by Crippen LogP contribution is 2.26. The van der Waals surface area contributed by atoms with Gasteiger partial charge in [-0.15, -0.1) is 11.8 Å². The Balaban J connectivity index is 2.03. The molecule has 0 aliphatic carbocycles. The van der Waals surface area contributed by atoms with E-state index in [0.717, 1.165) is 0 Å². The number of carbonyl (C=O) groups is 1. The fraction of sp³-hybridized carbons (Fsp3) is 0.667. The number of nitrogens with zero attached hydrogens (tertiary/aromatic N) is 1. The molecular formula is C9H13NO4S. The van der Waals surface area contributed by atoms with E-state index < -0.39 is 18.4 Å². The molecule has 15 heavy (non-hydrogen) atoms. The van der Waals surface area contributed by atoms with Gasteiger partial charge in [-0.25, -0.2) is 0 Å². The Kier molecular flexibility index (Phi) is 3.30. The van der Waals surface area contributed by atoms with Crippen molar-refractivity contribution in [2.45, 2.75) is 24.9 Å². The van der Waals surface area contributed by atoms with Gasteiger partial charge in [-0.2, -0.15) is 0 Å². The molecule has 0 unspecified atom stereocenters. The van der Waals surface area contributed by atoms with Gasteiger partial charge in [0.15, 0.2) is 0 Å². The Morgan fingerprint density at radius 2 is 2.47 bits per heavy atom. The van der Waals surface area contributed by atoms with Crippen molar-refractivity contribution < 1.29 is 19.7 Å². The van der Waals surface area contributed by atoms with Crippen LogP contribution in [0.15, 0.2) is 11.6 Å². The zero-order valence-electron chi connectivity index (χ0n) is 8.07. The number of aliphatic hydroxyl groups excluding tert-OH is 2. The molecule has 6 heteroatoms. The highest BCUT2D eigenvalue weighted by atomic mass is 32.2. The van der Waals surface area contributed by atoms with Crippen LogP contribution in [0, 0.1) is 0 Å². The van der Waals surface area contributed by atoms with Crippen molar-refractivity contribution in [3.8, 4) is 0 Å². The van der Waals surface area contributed by atoms with Gasteiger partial charge >= 0.3 is 0 Å². The number of ether oxygens (including phenoxy) is 1. The quantitative estimate of drug-likeness (QED) is 0.670. The van der Waals surface area contributed by atoms with Crippen molar-refractivity contribution in [1.29, 1.82) is 0 Å². The zero-order valence-corrected chi connectivity index (χ0v) is 8.89. The maximum absolute atomic E-state index is 11.5. The highest BCUT2D eigenvalue weighted by molar-refractivity contribution is 8.02. The molecule has 0 radical (unpaired) electrons. The standard InChI is InChI=1S/C9H13NO4S/c11-4-7-6(12)3-9(14-7)10-1-2-15-5-8(10)13/h1-2,6-7,9,11-12H,3-5H2/t6-,7+,9+/m0/s1. The number of aliphatic hydroxyl groups is 2. The van der Waals surface area contributed by atoms with Crippen molar-refractivity contribution in [2.75, 3.05) is 12.4 Å². The lowest BCUT2D eigenvalue weighted by molar-refractivity contribution is -0.138. The zero-order chi connectivity index (χ0) is 10.8. The molecule has 2 rings (SSSR count). The van der Waals surface area contributed by atoms with Crippen molar-refractivity contribution in [3.05, 3.63) is 11.6 Å². The van der Waals surface area contributed by atoms with Gasteiger partial charge in [0.25, 0.3) is 0 Å². The second kappa shape index (κ2) is 4.52. The van der Waals surface area contributed by atoms with Crippen LogP contribution in [0.25, 0.3) is 0 Å². The van der Waals surface area contributed by atoms with Crippen molar-refractivity contribution in [1.82, 2.24) is 4.90 Å². The summed E-state index contributed by atoms with van der Waals surface area (Å²) in [5.74, 6) is 0.370. The normalized spacial score (nSPS) is 36.3. The van der Waals surface area contributed by atoms with E-state index in [4.69, 9.17) is 9.84 Å². The Bertz CT molecular complexity index is 283. The SMILES string of the molecule is O=C1CSC=CN1[C@H]1C[C@H](O)[C@@H](CO)O1. The summed E-state index contributed by atoms with van der Waals surface area (Å²) < 4.78 is 5.38. The minimum atomic E-state index is -0.698. The lowest BCUT2D eigenvalue weighted by Crippen LogP contribution is -2.38. The first kappa shape index (κ1) is 10.9. The third kappa shape index (κ3) is 2.17. The molecule has 84 valence electrons. The maximum atomic E-state index is 11.5. The molecule has 2 heterocycles. The molecule has 1 fully saturated rings. The molecule has 0 aromatic carbocycles. The van der Waals surface area contributed by atoms with Crippen LogP contribution in [-0.2, 0) is 9.53 Å². The van der Waals surface area contributed by atoms with Crippen LogP contribution in [-0.4, -0.2) is 51.8 Å². The van der Waals surface area contributed by atoms with Crippen LogP contribution >= 0.6 is 11.8 Å². The average Bonchev–Trinajstić information content (AvgIpc) is 2.60. The summed E-state index contributed by atoms with van der Waals surface area (Å²) in [6.07, 6.45) is 0.294. The van der Waals surface area contributed by atoms with Gasteiger partial charge in [0.2, 0.25) is 5.91 Å². The van der Waals surface area contributed by atoms with Crippen LogP contribution in [0.3, 0.4) is 0 Å². The van der Waals surface area contributed by atoms with Crippen LogP contribution in [0.2, 0.25) is 0 Å². The van der Waals surface area contributed by atoms with E-state index in [1.165, 1.54) is 16.7 Å². The third-order valence-electron chi connectivity index (χ3n) is 2.51. The van der Waals surface area contributed by atoms with E-state index in [9.17, 15) is 9.90 Å². The van der Waals surface area contributed by atoms with E-state index in [-0.39, 0.29) is 12.5 Å². The first-order valence-electron chi connectivity index (χ1n) is 4.76. The van der Waals surface area contributed by atoms with Crippen molar-refractivity contribution >= 4 is 17.7 Å². The van der Waals surface area contributed by atoms with E-state index >= 15 is 0 Å². The van der Waals surface area contributed by atoms with Gasteiger partial charge in [-0.3, -0.25) is 9.69 Å². The van der Waals surface area contributed by atoms with Crippen molar-refractivity contribution in [3.63, 3.8) is 0 Å². The summed E-state index contributed by atoms with van der Waals surface area (Å²) in [5.41, 5.74) is 0. The Morgan fingerprint density at radius 3 is 3.07 bits per heavy atom. The summed E-state index contributed by atoms with van der Waals surface area (Å²) in [6.45, 7) is -0.224. The molecule has 2 N–H and O–H groups in total. The number of carbonyl (C=O) groups excluding carboxylic acids is 1. The van der Waals surface area contributed by atoms with Gasteiger partial charge < -0.3 is 14.9 Å². The lowest BCUT2D eigenvalue weighted by Gasteiger charge is -2.26. The predicted octanol–water partition coefficient (Wildman–Crippen LogP) is -0.499. The van der Waals surface area contributed by atoms with Crippen LogP contribution in [0.1, 0.15) is 6.42 Å². The molecule has 2 aliphatic heterocycles.